The zero-order chi connectivity index (χ0) is 23.5. The number of halogens is 6. The molecule has 1 amide bonds. The Labute approximate surface area is 185 Å². The van der Waals surface area contributed by atoms with Crippen molar-refractivity contribution in [3.8, 4) is 16.9 Å². The van der Waals surface area contributed by atoms with Crippen LogP contribution in [0.4, 0.5) is 22.0 Å². The monoisotopic (exact) mass is 469 g/mol. The third-order valence-electron chi connectivity index (χ3n) is 4.72. The van der Waals surface area contributed by atoms with E-state index in [4.69, 9.17) is 11.6 Å². The Morgan fingerprint density at radius 3 is 2.12 bits per heavy atom. The summed E-state index contributed by atoms with van der Waals surface area (Å²) >= 11 is 6.00. The van der Waals surface area contributed by atoms with E-state index < -0.39 is 35.5 Å². The van der Waals surface area contributed by atoms with E-state index in [1.165, 1.54) is 24.3 Å². The molecule has 0 heterocycles. The fourth-order valence-electron chi connectivity index (χ4n) is 3.24. The fraction of sp³-hybridized carbons (Fsp3) is 0.174. The number of hydrogen-bond acceptors (Lipinski definition) is 2. The Morgan fingerprint density at radius 2 is 1.59 bits per heavy atom. The maximum absolute atomic E-state index is 13.9. The molecule has 168 valence electrons. The minimum absolute atomic E-state index is 0.0501. The Morgan fingerprint density at radius 1 is 1.00 bits per heavy atom. The van der Waals surface area contributed by atoms with Crippen LogP contribution in [0.5, 0.6) is 5.75 Å². The third kappa shape index (κ3) is 5.56. The van der Waals surface area contributed by atoms with Crippen LogP contribution in [0.25, 0.3) is 11.1 Å². The van der Waals surface area contributed by atoms with E-state index in [1.54, 1.807) is 25.1 Å². The van der Waals surface area contributed by atoms with Gasteiger partial charge < -0.3 is 10.1 Å². The molecule has 9 heteroatoms. The van der Waals surface area contributed by atoms with Crippen molar-refractivity contribution < 1.29 is 31.5 Å². The Balaban J connectivity index is 1.81. The van der Waals surface area contributed by atoms with E-state index in [1.807, 2.05) is 0 Å². The van der Waals surface area contributed by atoms with Crippen molar-refractivity contribution in [3.63, 3.8) is 0 Å². The zero-order valence-corrected chi connectivity index (χ0v) is 17.4. The molecule has 1 N–H and O–H groups in total. The number of hydrogen-bond donors (Lipinski definition) is 1. The Bertz CT molecular complexity index is 1100. The number of aryl methyl sites for hydroxylation is 1. The molecule has 3 rings (SSSR count). The second-order valence-corrected chi connectivity index (χ2v) is 7.23. The molecule has 1 atom stereocenters. The first-order valence-electron chi connectivity index (χ1n) is 9.36. The van der Waals surface area contributed by atoms with Crippen molar-refractivity contribution >= 4 is 17.5 Å². The molecule has 0 fully saturated rings. The van der Waals surface area contributed by atoms with Crippen LogP contribution in [0, 0.1) is 18.6 Å². The first-order valence-corrected chi connectivity index (χ1v) is 9.90. The zero-order valence-electron chi connectivity index (χ0n) is 16.6. The molecular formula is C23H17ClF5NO2. The van der Waals surface area contributed by atoms with Crippen LogP contribution in [-0.2, 0) is 0 Å². The highest BCUT2D eigenvalue weighted by molar-refractivity contribution is 6.18. The van der Waals surface area contributed by atoms with Gasteiger partial charge in [-0.25, -0.2) is 8.78 Å². The number of nitrogens with one attached hydrogen (secondary N) is 1. The molecule has 0 radical (unpaired) electrons. The van der Waals surface area contributed by atoms with Crippen molar-refractivity contribution in [3.05, 3.63) is 89.0 Å². The van der Waals surface area contributed by atoms with E-state index >= 15 is 0 Å². The summed E-state index contributed by atoms with van der Waals surface area (Å²) in [5, 5.41) is 2.54. The topological polar surface area (TPSA) is 38.3 Å². The molecule has 0 aliphatic heterocycles. The number of carbonyl (C=O) groups excluding carboxylic acids is 1. The minimum Gasteiger partial charge on any atom is -0.406 e. The second kappa shape index (κ2) is 9.56. The molecule has 0 aliphatic carbocycles. The second-order valence-electron chi connectivity index (χ2n) is 6.92. The first-order chi connectivity index (χ1) is 15.1. The van der Waals surface area contributed by atoms with Gasteiger partial charge in [0.25, 0.3) is 5.91 Å². The van der Waals surface area contributed by atoms with Gasteiger partial charge in [0, 0.05) is 5.88 Å². The molecule has 3 nitrogen and oxygen atoms in total. The van der Waals surface area contributed by atoms with Crippen LogP contribution in [0.1, 0.15) is 27.5 Å². The molecule has 0 aliphatic rings. The van der Waals surface area contributed by atoms with Gasteiger partial charge in [-0.05, 0) is 53.4 Å². The number of amides is 1. The van der Waals surface area contributed by atoms with Gasteiger partial charge in [0.15, 0.2) is 0 Å². The molecule has 32 heavy (non-hydrogen) atoms. The van der Waals surface area contributed by atoms with Crippen molar-refractivity contribution in [1.29, 1.82) is 0 Å². The summed E-state index contributed by atoms with van der Waals surface area (Å²) in [6.07, 6.45) is -4.77. The van der Waals surface area contributed by atoms with Gasteiger partial charge in [0.1, 0.15) is 22.9 Å². The number of ether oxygens (including phenoxy) is 1. The summed E-state index contributed by atoms with van der Waals surface area (Å²) in [4.78, 5) is 12.4. The maximum Gasteiger partial charge on any atom is 0.573 e. The van der Waals surface area contributed by atoms with E-state index in [2.05, 4.69) is 10.1 Å². The van der Waals surface area contributed by atoms with Crippen LogP contribution in [0.3, 0.4) is 0 Å². The molecular weight excluding hydrogens is 453 g/mol. The van der Waals surface area contributed by atoms with Gasteiger partial charge in [0.2, 0.25) is 0 Å². The van der Waals surface area contributed by atoms with Crippen LogP contribution >= 0.6 is 11.6 Å². The lowest BCUT2D eigenvalue weighted by Crippen LogP contribution is -2.31. The van der Waals surface area contributed by atoms with Gasteiger partial charge in [-0.3, -0.25) is 4.79 Å². The third-order valence-corrected chi connectivity index (χ3v) is 5.02. The molecule has 0 aromatic heterocycles. The predicted molar refractivity (Wildman–Crippen MR) is 111 cm³/mol. The predicted octanol–water partition coefficient (Wildman–Crippen LogP) is 6.55. The van der Waals surface area contributed by atoms with E-state index in [-0.39, 0.29) is 11.6 Å². The lowest BCUT2D eigenvalue weighted by Gasteiger charge is -2.20. The SMILES string of the molecule is Cc1cc(-c2ccc(OC(F)(F)F)cc2)ccc1C(CCl)NC(=O)c1c(F)cccc1F. The van der Waals surface area contributed by atoms with Gasteiger partial charge in [0.05, 0.1) is 6.04 Å². The molecule has 0 bridgehead atoms. The summed E-state index contributed by atoms with van der Waals surface area (Å²) < 4.78 is 68.6. The molecule has 3 aromatic carbocycles. The highest BCUT2D eigenvalue weighted by atomic mass is 35.5. The Kier molecular flexibility index (Phi) is 7.03. The number of carbonyl (C=O) groups is 1. The summed E-state index contributed by atoms with van der Waals surface area (Å²) in [5.74, 6) is -3.29. The average Bonchev–Trinajstić information content (AvgIpc) is 2.71. The van der Waals surface area contributed by atoms with Crippen LogP contribution in [0.15, 0.2) is 60.7 Å². The van der Waals surface area contributed by atoms with Crippen molar-refractivity contribution in [2.24, 2.45) is 0 Å². The molecule has 1 unspecified atom stereocenters. The summed E-state index contributed by atoms with van der Waals surface area (Å²) in [6.45, 7) is 1.76. The van der Waals surface area contributed by atoms with Crippen LogP contribution < -0.4 is 10.1 Å². The highest BCUT2D eigenvalue weighted by Gasteiger charge is 2.31. The van der Waals surface area contributed by atoms with Gasteiger partial charge >= 0.3 is 6.36 Å². The van der Waals surface area contributed by atoms with Gasteiger partial charge in [-0.15, -0.1) is 24.8 Å². The van der Waals surface area contributed by atoms with Crippen molar-refractivity contribution in [2.75, 3.05) is 5.88 Å². The molecule has 3 aromatic rings. The van der Waals surface area contributed by atoms with Crippen LogP contribution in [0.2, 0.25) is 0 Å². The lowest BCUT2D eigenvalue weighted by molar-refractivity contribution is -0.274. The standard InChI is InChI=1S/C23H17ClF5NO2/c1-13-11-15(14-5-8-16(9-6-14)32-23(27,28)29)7-10-17(13)20(12-24)30-22(31)21-18(25)3-2-4-19(21)26/h2-11,20H,12H2,1H3,(H,30,31). The summed E-state index contributed by atoms with van der Waals surface area (Å²) in [5.41, 5.74) is 2.01. The van der Waals surface area contributed by atoms with Crippen LogP contribution in [-0.4, -0.2) is 18.1 Å². The summed E-state index contributed by atoms with van der Waals surface area (Å²) in [6, 6.07) is 12.9. The van der Waals surface area contributed by atoms with Gasteiger partial charge in [-0.2, -0.15) is 0 Å². The van der Waals surface area contributed by atoms with E-state index in [0.29, 0.717) is 16.7 Å². The van der Waals surface area contributed by atoms with E-state index in [9.17, 15) is 26.7 Å². The molecule has 0 spiro atoms. The average molecular weight is 470 g/mol. The largest absolute Gasteiger partial charge is 0.573 e. The smallest absolute Gasteiger partial charge is 0.406 e. The normalized spacial score (nSPS) is 12.3. The molecule has 0 saturated carbocycles. The summed E-state index contributed by atoms with van der Waals surface area (Å²) in [7, 11) is 0. The Hall–Kier alpha value is -3.13. The number of benzene rings is 3. The lowest BCUT2D eigenvalue weighted by atomic mass is 9.96. The molecule has 0 saturated heterocycles. The first kappa shape index (κ1) is 23.5. The van der Waals surface area contributed by atoms with Gasteiger partial charge in [-0.1, -0.05) is 36.4 Å². The number of rotatable bonds is 6. The van der Waals surface area contributed by atoms with Crippen molar-refractivity contribution in [2.45, 2.75) is 19.3 Å². The quantitative estimate of drug-likeness (QED) is 0.328. The minimum atomic E-state index is -4.77. The fourth-order valence-corrected chi connectivity index (χ4v) is 3.48. The number of alkyl halides is 4. The van der Waals surface area contributed by atoms with E-state index in [0.717, 1.165) is 23.8 Å². The van der Waals surface area contributed by atoms with Crippen molar-refractivity contribution in [1.82, 2.24) is 5.32 Å². The maximum atomic E-state index is 13.9. The highest BCUT2D eigenvalue weighted by Crippen LogP contribution is 2.29.